The number of hydrogen-bond acceptors (Lipinski definition) is 4. The molecular weight excluding hydrogens is 345 g/mol. The highest BCUT2D eigenvalue weighted by atomic mass is 19.1. The molecular formula is C20H20FN5O. The number of hydrogen-bond donors (Lipinski definition) is 0. The molecule has 1 aliphatic carbocycles. The van der Waals surface area contributed by atoms with E-state index in [1.165, 1.54) is 12.1 Å². The molecule has 27 heavy (non-hydrogen) atoms. The fourth-order valence-electron chi connectivity index (χ4n) is 3.76. The van der Waals surface area contributed by atoms with Crippen molar-refractivity contribution in [1.29, 1.82) is 0 Å². The Morgan fingerprint density at radius 1 is 1.22 bits per heavy atom. The Morgan fingerprint density at radius 2 is 2.19 bits per heavy atom. The molecule has 0 saturated heterocycles. The summed E-state index contributed by atoms with van der Waals surface area (Å²) in [6.45, 7) is 1.86. The average Bonchev–Trinajstić information content (AvgIpc) is 3.33. The van der Waals surface area contributed by atoms with E-state index in [1.807, 2.05) is 12.3 Å². The van der Waals surface area contributed by atoms with Crippen molar-refractivity contribution in [2.45, 2.75) is 38.3 Å². The van der Waals surface area contributed by atoms with Gasteiger partial charge < -0.3 is 9.30 Å². The lowest BCUT2D eigenvalue weighted by atomic mass is 9.94. The molecule has 0 amide bonds. The van der Waals surface area contributed by atoms with Crippen molar-refractivity contribution in [3.63, 3.8) is 0 Å². The average molecular weight is 365 g/mol. The third-order valence-electron chi connectivity index (χ3n) is 5.17. The summed E-state index contributed by atoms with van der Waals surface area (Å²) in [4.78, 5) is 9.36. The summed E-state index contributed by atoms with van der Waals surface area (Å²) in [6.07, 6.45) is 9.21. The molecule has 1 aromatic carbocycles. The van der Waals surface area contributed by atoms with Crippen molar-refractivity contribution >= 4 is 0 Å². The fourth-order valence-corrected chi connectivity index (χ4v) is 3.76. The van der Waals surface area contributed by atoms with Crippen molar-refractivity contribution in [2.24, 2.45) is 0 Å². The lowest BCUT2D eigenvalue weighted by molar-refractivity contribution is 0.0821. The van der Waals surface area contributed by atoms with Crippen LogP contribution in [0.25, 0.3) is 17.2 Å². The number of nitrogens with zero attached hydrogens (tertiary/aromatic N) is 5. The molecule has 0 spiro atoms. The van der Waals surface area contributed by atoms with E-state index in [2.05, 4.69) is 21.7 Å². The van der Waals surface area contributed by atoms with E-state index in [9.17, 15) is 4.39 Å². The van der Waals surface area contributed by atoms with E-state index in [-0.39, 0.29) is 11.7 Å². The second kappa shape index (κ2) is 6.74. The lowest BCUT2D eigenvalue weighted by Crippen LogP contribution is -2.18. The summed E-state index contributed by atoms with van der Waals surface area (Å²) >= 11 is 0. The van der Waals surface area contributed by atoms with E-state index < -0.39 is 0 Å². The Labute approximate surface area is 156 Å². The minimum Gasteiger partial charge on any atom is -0.372 e. The molecule has 0 saturated carbocycles. The van der Waals surface area contributed by atoms with Crippen LogP contribution in [0.2, 0.25) is 0 Å². The molecule has 0 N–H and O–H groups in total. The van der Waals surface area contributed by atoms with Gasteiger partial charge in [0.2, 0.25) is 0 Å². The molecule has 138 valence electrons. The molecule has 3 heterocycles. The number of benzene rings is 1. The zero-order chi connectivity index (χ0) is 18.2. The number of fused-ring (bicyclic) bond motifs is 1. The molecule has 2 aromatic heterocycles. The summed E-state index contributed by atoms with van der Waals surface area (Å²) in [5, 5.41) is 4.78. The van der Waals surface area contributed by atoms with Crippen molar-refractivity contribution < 1.29 is 9.13 Å². The van der Waals surface area contributed by atoms with Gasteiger partial charge in [0, 0.05) is 12.5 Å². The van der Waals surface area contributed by atoms with Gasteiger partial charge in [0.25, 0.3) is 0 Å². The molecule has 0 fully saturated rings. The van der Waals surface area contributed by atoms with E-state index in [0.717, 1.165) is 43.1 Å². The predicted octanol–water partition coefficient (Wildman–Crippen LogP) is 3.62. The monoisotopic (exact) mass is 365 g/mol. The Balaban J connectivity index is 1.65. The second-order valence-electron chi connectivity index (χ2n) is 6.93. The zero-order valence-electron chi connectivity index (χ0n) is 14.9. The first-order valence-corrected chi connectivity index (χ1v) is 9.30. The molecule has 1 atom stereocenters. The van der Waals surface area contributed by atoms with Gasteiger partial charge in [-0.2, -0.15) is 5.10 Å². The van der Waals surface area contributed by atoms with Crippen LogP contribution in [0.1, 0.15) is 36.8 Å². The van der Waals surface area contributed by atoms with Crippen LogP contribution in [0.5, 0.6) is 0 Å². The normalized spacial score (nSPS) is 19.2. The quantitative estimate of drug-likeness (QED) is 0.665. The van der Waals surface area contributed by atoms with Crippen LogP contribution in [0.3, 0.4) is 0 Å². The van der Waals surface area contributed by atoms with Crippen LogP contribution in [-0.2, 0) is 17.9 Å². The highest BCUT2D eigenvalue weighted by molar-refractivity contribution is 5.54. The summed E-state index contributed by atoms with van der Waals surface area (Å²) < 4.78 is 23.2. The number of aromatic nitrogens is 5. The van der Waals surface area contributed by atoms with Crippen LogP contribution in [0, 0.1) is 5.82 Å². The maximum absolute atomic E-state index is 13.9. The Morgan fingerprint density at radius 3 is 3.04 bits per heavy atom. The standard InChI is InChI=1S/C20H20FN5O/c21-15-7-4-8-16(11-15)26-20(17-12-22-18-13-27-10-9-25(17)18)23-19(24-26)14-5-2-1-3-6-14/h1-2,4,7-8,11-12,14H,3,5-6,9-10,13H2. The number of allylic oxidation sites excluding steroid dienone is 2. The van der Waals surface area contributed by atoms with Gasteiger partial charge in [-0.05, 0) is 37.5 Å². The third kappa shape index (κ3) is 2.98. The second-order valence-corrected chi connectivity index (χ2v) is 6.93. The molecule has 1 unspecified atom stereocenters. The first kappa shape index (κ1) is 16.4. The minimum absolute atomic E-state index is 0.288. The number of halogens is 1. The lowest BCUT2D eigenvalue weighted by Gasteiger charge is -2.16. The van der Waals surface area contributed by atoms with Crippen LogP contribution >= 0.6 is 0 Å². The highest BCUT2D eigenvalue weighted by Crippen LogP contribution is 2.31. The molecule has 1 aliphatic heterocycles. The number of imidazole rings is 1. The zero-order valence-corrected chi connectivity index (χ0v) is 14.9. The number of ether oxygens (including phenoxy) is 1. The molecule has 0 bridgehead atoms. The largest absolute Gasteiger partial charge is 0.372 e. The smallest absolute Gasteiger partial charge is 0.181 e. The summed E-state index contributed by atoms with van der Waals surface area (Å²) in [5.41, 5.74) is 1.56. The van der Waals surface area contributed by atoms with Crippen molar-refractivity contribution in [3.05, 3.63) is 60.1 Å². The molecule has 3 aromatic rings. The molecule has 6 nitrogen and oxygen atoms in total. The summed E-state index contributed by atoms with van der Waals surface area (Å²) in [7, 11) is 0. The minimum atomic E-state index is -0.292. The van der Waals surface area contributed by atoms with Gasteiger partial charge in [-0.15, -0.1) is 0 Å². The van der Waals surface area contributed by atoms with Crippen molar-refractivity contribution in [3.8, 4) is 17.2 Å². The topological polar surface area (TPSA) is 57.8 Å². The van der Waals surface area contributed by atoms with Gasteiger partial charge in [-0.1, -0.05) is 18.2 Å². The predicted molar refractivity (Wildman–Crippen MR) is 97.9 cm³/mol. The maximum Gasteiger partial charge on any atom is 0.181 e. The van der Waals surface area contributed by atoms with Gasteiger partial charge in [0.15, 0.2) is 11.6 Å². The first-order chi connectivity index (χ1) is 13.3. The third-order valence-corrected chi connectivity index (χ3v) is 5.17. The van der Waals surface area contributed by atoms with Gasteiger partial charge >= 0.3 is 0 Å². The van der Waals surface area contributed by atoms with Crippen LogP contribution in [0.15, 0.2) is 42.6 Å². The Hall–Kier alpha value is -2.80. The van der Waals surface area contributed by atoms with E-state index in [4.69, 9.17) is 14.8 Å². The van der Waals surface area contributed by atoms with Gasteiger partial charge in [-0.3, -0.25) is 0 Å². The van der Waals surface area contributed by atoms with E-state index in [1.54, 1.807) is 10.7 Å². The SMILES string of the molecule is Fc1cccc(-n2nc(C3CC=CCC3)nc2-c2cnc3n2CCOC3)c1. The molecule has 7 heteroatoms. The van der Waals surface area contributed by atoms with Gasteiger partial charge in [0.1, 0.15) is 23.9 Å². The summed E-state index contributed by atoms with van der Waals surface area (Å²) in [6, 6.07) is 6.46. The van der Waals surface area contributed by atoms with E-state index >= 15 is 0 Å². The number of rotatable bonds is 3. The van der Waals surface area contributed by atoms with Gasteiger partial charge in [0.05, 0.1) is 18.5 Å². The maximum atomic E-state index is 13.9. The van der Waals surface area contributed by atoms with Gasteiger partial charge in [-0.25, -0.2) is 19.0 Å². The van der Waals surface area contributed by atoms with Crippen LogP contribution in [0.4, 0.5) is 4.39 Å². The van der Waals surface area contributed by atoms with Crippen LogP contribution in [-0.4, -0.2) is 30.9 Å². The fraction of sp³-hybridized carbons (Fsp3) is 0.350. The molecule has 0 radical (unpaired) electrons. The first-order valence-electron chi connectivity index (χ1n) is 9.30. The van der Waals surface area contributed by atoms with E-state index in [0.29, 0.717) is 24.7 Å². The Bertz CT molecular complexity index is 1010. The Kier molecular flexibility index (Phi) is 4.09. The highest BCUT2D eigenvalue weighted by Gasteiger charge is 2.25. The van der Waals surface area contributed by atoms with Crippen molar-refractivity contribution in [2.75, 3.05) is 6.61 Å². The molecule has 5 rings (SSSR count). The summed E-state index contributed by atoms with van der Waals surface area (Å²) in [5.74, 6) is 2.38. The van der Waals surface area contributed by atoms with Crippen LogP contribution < -0.4 is 0 Å². The molecule has 2 aliphatic rings. The van der Waals surface area contributed by atoms with Crippen molar-refractivity contribution in [1.82, 2.24) is 24.3 Å².